The molecule has 166 valence electrons. The first-order chi connectivity index (χ1) is 15.5. The molecule has 0 saturated carbocycles. The van der Waals surface area contributed by atoms with Gasteiger partial charge in [-0.3, -0.25) is 0 Å². The van der Waals surface area contributed by atoms with E-state index in [1.165, 1.54) is 22.3 Å². The molecule has 0 aromatic heterocycles. The first kappa shape index (κ1) is 23.4. The number of phenols is 1. The van der Waals surface area contributed by atoms with E-state index < -0.39 is 0 Å². The zero-order valence-corrected chi connectivity index (χ0v) is 19.5. The van der Waals surface area contributed by atoms with Crippen LogP contribution in [0.4, 0.5) is 0 Å². The predicted molar refractivity (Wildman–Crippen MR) is 137 cm³/mol. The zero-order chi connectivity index (χ0) is 23.1. The zero-order valence-electron chi connectivity index (χ0n) is 19.5. The van der Waals surface area contributed by atoms with E-state index in [4.69, 9.17) is 0 Å². The molecule has 2 aromatic rings. The van der Waals surface area contributed by atoms with Crippen molar-refractivity contribution in [2.75, 3.05) is 26.7 Å². The van der Waals surface area contributed by atoms with Gasteiger partial charge in [0.15, 0.2) is 0 Å². The molecule has 2 heterocycles. The summed E-state index contributed by atoms with van der Waals surface area (Å²) in [6.45, 7) is 15.5. The van der Waals surface area contributed by atoms with Crippen molar-refractivity contribution in [3.05, 3.63) is 113 Å². The highest BCUT2D eigenvalue weighted by molar-refractivity contribution is 5.84. The molecule has 2 aliphatic heterocycles. The highest BCUT2D eigenvalue weighted by Crippen LogP contribution is 2.35. The summed E-state index contributed by atoms with van der Waals surface area (Å²) in [5.74, 6) is 0.259. The molecule has 3 nitrogen and oxygen atoms in total. The Balaban J connectivity index is 0.00000141. The Morgan fingerprint density at radius 3 is 2.38 bits per heavy atom. The van der Waals surface area contributed by atoms with Gasteiger partial charge < -0.3 is 15.3 Å². The molecule has 2 N–H and O–H groups in total. The van der Waals surface area contributed by atoms with Crippen molar-refractivity contribution in [3.63, 3.8) is 0 Å². The van der Waals surface area contributed by atoms with Gasteiger partial charge in [0.2, 0.25) is 0 Å². The van der Waals surface area contributed by atoms with E-state index in [2.05, 4.69) is 72.9 Å². The van der Waals surface area contributed by atoms with Crippen LogP contribution in [0.1, 0.15) is 31.4 Å². The smallest absolute Gasteiger partial charge is 0.115 e. The lowest BCUT2D eigenvalue weighted by molar-refractivity contribution is 0.347. The van der Waals surface area contributed by atoms with Crippen LogP contribution in [-0.4, -0.2) is 36.7 Å². The van der Waals surface area contributed by atoms with Gasteiger partial charge in [-0.1, -0.05) is 69.5 Å². The minimum absolute atomic E-state index is 0.259. The van der Waals surface area contributed by atoms with E-state index in [-0.39, 0.29) is 5.75 Å². The molecule has 0 fully saturated rings. The molecule has 0 unspecified atom stereocenters. The van der Waals surface area contributed by atoms with Crippen molar-refractivity contribution in [2.45, 2.75) is 20.3 Å². The summed E-state index contributed by atoms with van der Waals surface area (Å²) in [4.78, 5) is 2.37. The molecule has 0 amide bonds. The first-order valence-electron chi connectivity index (χ1n) is 11.3. The van der Waals surface area contributed by atoms with Gasteiger partial charge in [-0.15, -0.1) is 0 Å². The molecule has 3 heteroatoms. The molecule has 32 heavy (non-hydrogen) atoms. The minimum Gasteiger partial charge on any atom is -0.508 e. The molecule has 0 radical (unpaired) electrons. The molecule has 0 atom stereocenters. The molecule has 0 aliphatic carbocycles. The summed E-state index contributed by atoms with van der Waals surface area (Å²) in [7, 11) is 2.17. The lowest BCUT2D eigenvalue weighted by atomic mass is 9.87. The summed E-state index contributed by atoms with van der Waals surface area (Å²) in [5, 5.41) is 13.1. The summed E-state index contributed by atoms with van der Waals surface area (Å²) in [6.07, 6.45) is 5.30. The maximum Gasteiger partial charge on any atom is 0.115 e. The van der Waals surface area contributed by atoms with Crippen LogP contribution in [0, 0.1) is 0 Å². The van der Waals surface area contributed by atoms with Gasteiger partial charge in [-0.25, -0.2) is 0 Å². The van der Waals surface area contributed by atoms with E-state index in [9.17, 15) is 5.11 Å². The molecular weight excluding hydrogens is 392 g/mol. The highest BCUT2D eigenvalue weighted by Gasteiger charge is 2.22. The summed E-state index contributed by atoms with van der Waals surface area (Å²) < 4.78 is 0. The molecule has 0 spiro atoms. The number of phenolic OH excluding ortho intramolecular Hbond substituents is 1. The SMILES string of the molecule is C=C1/C=C(/c2ccccc2)C2=C(CNC(=C)/C1=C/c1ccc(O)cc1)CN(C)CC2.CC. The lowest BCUT2D eigenvalue weighted by Crippen LogP contribution is -2.32. The second-order valence-corrected chi connectivity index (χ2v) is 8.00. The van der Waals surface area contributed by atoms with Crippen molar-refractivity contribution in [2.24, 2.45) is 0 Å². The largest absolute Gasteiger partial charge is 0.508 e. The number of hydrogen-bond acceptors (Lipinski definition) is 3. The van der Waals surface area contributed by atoms with Gasteiger partial charge in [-0.05, 0) is 71.2 Å². The van der Waals surface area contributed by atoms with Crippen LogP contribution in [0.2, 0.25) is 0 Å². The summed E-state index contributed by atoms with van der Waals surface area (Å²) in [5.41, 5.74) is 9.03. The number of likely N-dealkylation sites (N-methyl/N-ethyl adjacent to an activating group) is 1. The number of nitrogens with zero attached hydrogens (tertiary/aromatic N) is 1. The number of allylic oxidation sites excluding steroid dienone is 3. The van der Waals surface area contributed by atoms with E-state index in [0.29, 0.717) is 0 Å². The first-order valence-corrected chi connectivity index (χ1v) is 11.3. The standard InChI is InChI=1S/C27H28N2O.C2H6/c1-19-15-27(22-7-5-4-6-8-22)25-13-14-29(3)18-23(25)17-28-20(2)26(19)16-21-9-11-24(30)12-10-21;1-2/h4-12,15-16,28,30H,1-2,13-14,17-18H2,3H3;1-2H3/b26-16+,27-15-;. The van der Waals surface area contributed by atoms with E-state index in [1.54, 1.807) is 12.1 Å². The third-order valence-corrected chi connectivity index (χ3v) is 5.75. The number of aromatic hydroxyl groups is 1. The van der Waals surface area contributed by atoms with Gasteiger partial charge in [0, 0.05) is 30.9 Å². The van der Waals surface area contributed by atoms with Crippen LogP contribution in [0.15, 0.2) is 102 Å². The topological polar surface area (TPSA) is 35.5 Å². The Labute approximate surface area is 192 Å². The molecule has 2 aliphatic rings. The fourth-order valence-corrected chi connectivity index (χ4v) is 4.10. The second kappa shape index (κ2) is 10.8. The Morgan fingerprint density at radius 2 is 1.69 bits per heavy atom. The number of rotatable bonds is 2. The molecular formula is C29H34N2O. The van der Waals surface area contributed by atoms with Gasteiger partial charge in [0.1, 0.15) is 5.75 Å². The van der Waals surface area contributed by atoms with Crippen molar-refractivity contribution >= 4 is 11.6 Å². The van der Waals surface area contributed by atoms with Crippen LogP contribution >= 0.6 is 0 Å². The van der Waals surface area contributed by atoms with E-state index in [0.717, 1.165) is 48.5 Å². The molecule has 0 bridgehead atoms. The van der Waals surface area contributed by atoms with E-state index >= 15 is 0 Å². The Hall–Kier alpha value is -3.30. The minimum atomic E-state index is 0.259. The number of hydrogen-bond donors (Lipinski definition) is 2. The lowest BCUT2D eigenvalue weighted by Gasteiger charge is -2.29. The van der Waals surface area contributed by atoms with Crippen LogP contribution in [-0.2, 0) is 0 Å². The fourth-order valence-electron chi connectivity index (χ4n) is 4.10. The normalized spacial score (nSPS) is 20.1. The Kier molecular flexibility index (Phi) is 7.91. The Bertz CT molecular complexity index is 1060. The number of nitrogens with one attached hydrogen (secondary N) is 1. The van der Waals surface area contributed by atoms with Crippen molar-refractivity contribution in [1.29, 1.82) is 0 Å². The summed E-state index contributed by atoms with van der Waals surface area (Å²) in [6, 6.07) is 17.8. The monoisotopic (exact) mass is 426 g/mol. The fraction of sp³-hybridized carbons (Fsp3) is 0.241. The second-order valence-electron chi connectivity index (χ2n) is 8.00. The Morgan fingerprint density at radius 1 is 1.00 bits per heavy atom. The van der Waals surface area contributed by atoms with Gasteiger partial charge in [0.25, 0.3) is 0 Å². The average molecular weight is 427 g/mol. The maximum atomic E-state index is 9.60. The molecule has 0 saturated heterocycles. The molecule has 4 rings (SSSR count). The number of benzene rings is 2. The van der Waals surface area contributed by atoms with Crippen molar-refractivity contribution < 1.29 is 5.11 Å². The predicted octanol–water partition coefficient (Wildman–Crippen LogP) is 6.19. The van der Waals surface area contributed by atoms with E-state index in [1.807, 2.05) is 26.0 Å². The highest BCUT2D eigenvalue weighted by atomic mass is 16.3. The van der Waals surface area contributed by atoms with Crippen molar-refractivity contribution in [3.8, 4) is 5.75 Å². The third kappa shape index (κ3) is 5.49. The van der Waals surface area contributed by atoms with Crippen LogP contribution < -0.4 is 5.32 Å². The van der Waals surface area contributed by atoms with Crippen LogP contribution in [0.3, 0.4) is 0 Å². The third-order valence-electron chi connectivity index (χ3n) is 5.75. The summed E-state index contributed by atoms with van der Waals surface area (Å²) >= 11 is 0. The quantitative estimate of drug-likeness (QED) is 0.601. The van der Waals surface area contributed by atoms with Crippen molar-refractivity contribution in [1.82, 2.24) is 10.2 Å². The van der Waals surface area contributed by atoms with Gasteiger partial charge >= 0.3 is 0 Å². The molecule has 2 aromatic carbocycles. The average Bonchev–Trinajstić information content (AvgIpc) is 2.86. The van der Waals surface area contributed by atoms with Crippen LogP contribution in [0.25, 0.3) is 11.6 Å². The van der Waals surface area contributed by atoms with Crippen LogP contribution in [0.5, 0.6) is 5.75 Å². The van der Waals surface area contributed by atoms with Gasteiger partial charge in [0.05, 0.1) is 0 Å². The maximum absolute atomic E-state index is 9.60. The van der Waals surface area contributed by atoms with Gasteiger partial charge in [-0.2, -0.15) is 0 Å².